The molecule has 0 unspecified atom stereocenters. The summed E-state index contributed by atoms with van der Waals surface area (Å²) in [7, 11) is 2.03. The number of nitrogens with zero attached hydrogens (tertiary/aromatic N) is 3. The normalized spacial score (nSPS) is 26.1. The summed E-state index contributed by atoms with van der Waals surface area (Å²) in [6.07, 6.45) is 3.99. The van der Waals surface area contributed by atoms with E-state index >= 15 is 0 Å². The summed E-state index contributed by atoms with van der Waals surface area (Å²) in [6, 6.07) is 4.11. The van der Waals surface area contributed by atoms with Gasteiger partial charge in [0.1, 0.15) is 5.65 Å². The molecule has 0 bridgehead atoms. The standard InChI is InChI=1S/C15H18N4O/c1-18-6-11(12-3-2-4-16-14(12)18)8-19-7-10-5-17-15(20)13(10)9-19/h2-4,6,10,13H,5,7-9H2,1H3,(H,17,20)/t10-,13+/m0/s1. The molecule has 2 aliphatic rings. The first-order chi connectivity index (χ1) is 9.72. The van der Waals surface area contributed by atoms with Crippen LogP contribution in [-0.4, -0.2) is 40.0 Å². The molecule has 2 atom stereocenters. The number of hydrogen-bond acceptors (Lipinski definition) is 3. The van der Waals surface area contributed by atoms with E-state index in [0.29, 0.717) is 5.92 Å². The zero-order valence-corrected chi connectivity index (χ0v) is 11.5. The largest absolute Gasteiger partial charge is 0.355 e. The van der Waals surface area contributed by atoms with Gasteiger partial charge in [0.15, 0.2) is 0 Å². The number of carbonyl (C=O) groups excluding carboxylic acids is 1. The lowest BCUT2D eigenvalue weighted by molar-refractivity contribution is -0.122. The summed E-state index contributed by atoms with van der Waals surface area (Å²) in [5.74, 6) is 0.927. The Kier molecular flexibility index (Phi) is 2.57. The minimum Gasteiger partial charge on any atom is -0.355 e. The third-order valence-corrected chi connectivity index (χ3v) is 4.60. The molecule has 2 aromatic heterocycles. The summed E-state index contributed by atoms with van der Waals surface area (Å²) in [5.41, 5.74) is 2.33. The van der Waals surface area contributed by atoms with Crippen molar-refractivity contribution in [2.24, 2.45) is 18.9 Å². The minimum absolute atomic E-state index is 0.197. The average molecular weight is 270 g/mol. The fraction of sp³-hybridized carbons (Fsp3) is 0.467. The van der Waals surface area contributed by atoms with Crippen LogP contribution in [0.1, 0.15) is 5.56 Å². The molecule has 1 amide bonds. The van der Waals surface area contributed by atoms with Crippen LogP contribution in [0.3, 0.4) is 0 Å². The Morgan fingerprint density at radius 2 is 2.35 bits per heavy atom. The summed E-state index contributed by atoms with van der Waals surface area (Å²) >= 11 is 0. The second kappa shape index (κ2) is 4.31. The van der Waals surface area contributed by atoms with Gasteiger partial charge in [0, 0.05) is 56.9 Å². The lowest BCUT2D eigenvalue weighted by Crippen LogP contribution is -2.28. The lowest BCUT2D eigenvalue weighted by atomic mass is 10.0. The van der Waals surface area contributed by atoms with E-state index in [4.69, 9.17) is 0 Å². The van der Waals surface area contributed by atoms with Crippen LogP contribution in [0.2, 0.25) is 0 Å². The second-order valence-electron chi connectivity index (χ2n) is 5.95. The van der Waals surface area contributed by atoms with Crippen molar-refractivity contribution in [2.75, 3.05) is 19.6 Å². The number of nitrogens with one attached hydrogen (secondary N) is 1. The molecule has 5 nitrogen and oxygen atoms in total. The summed E-state index contributed by atoms with van der Waals surface area (Å²) in [5, 5.41) is 4.18. The maximum absolute atomic E-state index is 11.7. The Bertz CT molecular complexity index is 678. The van der Waals surface area contributed by atoms with Crippen molar-refractivity contribution < 1.29 is 4.79 Å². The Hall–Kier alpha value is -1.88. The number of carbonyl (C=O) groups is 1. The molecule has 2 aliphatic heterocycles. The molecule has 2 aromatic rings. The van der Waals surface area contributed by atoms with Gasteiger partial charge in [-0.15, -0.1) is 0 Å². The second-order valence-corrected chi connectivity index (χ2v) is 5.95. The number of fused-ring (bicyclic) bond motifs is 2. The Labute approximate surface area is 117 Å². The summed E-state index contributed by atoms with van der Waals surface area (Å²) in [4.78, 5) is 18.5. The highest BCUT2D eigenvalue weighted by Gasteiger charge is 2.41. The van der Waals surface area contributed by atoms with E-state index in [1.165, 1.54) is 10.9 Å². The third-order valence-electron chi connectivity index (χ3n) is 4.60. The van der Waals surface area contributed by atoms with Gasteiger partial charge in [0.25, 0.3) is 0 Å². The lowest BCUT2D eigenvalue weighted by Gasteiger charge is -2.16. The van der Waals surface area contributed by atoms with Crippen molar-refractivity contribution in [3.05, 3.63) is 30.1 Å². The van der Waals surface area contributed by atoms with Gasteiger partial charge in [-0.3, -0.25) is 9.69 Å². The first kappa shape index (κ1) is 11.9. The Balaban J connectivity index is 1.58. The van der Waals surface area contributed by atoms with Crippen LogP contribution in [0.5, 0.6) is 0 Å². The Morgan fingerprint density at radius 1 is 1.45 bits per heavy atom. The van der Waals surface area contributed by atoms with Gasteiger partial charge in [-0.05, 0) is 17.7 Å². The van der Waals surface area contributed by atoms with Gasteiger partial charge < -0.3 is 9.88 Å². The molecule has 0 aliphatic carbocycles. The maximum Gasteiger partial charge on any atom is 0.224 e. The number of pyridine rings is 1. The predicted molar refractivity (Wildman–Crippen MR) is 76.0 cm³/mol. The molecule has 0 saturated carbocycles. The molecule has 1 N–H and O–H groups in total. The highest BCUT2D eigenvalue weighted by molar-refractivity contribution is 5.82. The molecule has 5 heteroatoms. The molecule has 4 heterocycles. The van der Waals surface area contributed by atoms with Crippen LogP contribution in [0.4, 0.5) is 0 Å². The zero-order chi connectivity index (χ0) is 13.7. The SMILES string of the molecule is Cn1cc(CN2C[C@@H]3CNC(=O)[C@@H]3C2)c2cccnc21. The highest BCUT2D eigenvalue weighted by atomic mass is 16.2. The van der Waals surface area contributed by atoms with E-state index in [-0.39, 0.29) is 11.8 Å². The number of amides is 1. The van der Waals surface area contributed by atoms with Crippen molar-refractivity contribution in [1.29, 1.82) is 0 Å². The molecule has 0 aromatic carbocycles. The van der Waals surface area contributed by atoms with Crippen LogP contribution in [0.25, 0.3) is 11.0 Å². The Morgan fingerprint density at radius 3 is 3.20 bits per heavy atom. The molecule has 0 spiro atoms. The third kappa shape index (κ3) is 1.73. The smallest absolute Gasteiger partial charge is 0.224 e. The van der Waals surface area contributed by atoms with Crippen LogP contribution in [0, 0.1) is 11.8 Å². The minimum atomic E-state index is 0.197. The van der Waals surface area contributed by atoms with Crippen molar-refractivity contribution in [3.63, 3.8) is 0 Å². The quantitative estimate of drug-likeness (QED) is 0.876. The van der Waals surface area contributed by atoms with Crippen molar-refractivity contribution >= 4 is 16.9 Å². The van der Waals surface area contributed by atoms with Crippen molar-refractivity contribution in [3.8, 4) is 0 Å². The van der Waals surface area contributed by atoms with Crippen LogP contribution >= 0.6 is 0 Å². The molecule has 0 radical (unpaired) electrons. The monoisotopic (exact) mass is 270 g/mol. The van der Waals surface area contributed by atoms with E-state index in [0.717, 1.165) is 31.8 Å². The molecular weight excluding hydrogens is 252 g/mol. The molecule has 104 valence electrons. The highest BCUT2D eigenvalue weighted by Crippen LogP contribution is 2.29. The summed E-state index contributed by atoms with van der Waals surface area (Å²) < 4.78 is 2.08. The van der Waals surface area contributed by atoms with E-state index in [1.54, 1.807) is 0 Å². The number of aryl methyl sites for hydroxylation is 1. The first-order valence-electron chi connectivity index (χ1n) is 7.11. The zero-order valence-electron chi connectivity index (χ0n) is 11.5. The van der Waals surface area contributed by atoms with Gasteiger partial charge in [0.2, 0.25) is 5.91 Å². The summed E-state index contributed by atoms with van der Waals surface area (Å²) in [6.45, 7) is 3.65. The first-order valence-corrected chi connectivity index (χ1v) is 7.11. The predicted octanol–water partition coefficient (Wildman–Crippen LogP) is 0.751. The molecule has 20 heavy (non-hydrogen) atoms. The van der Waals surface area contributed by atoms with Crippen LogP contribution < -0.4 is 5.32 Å². The number of rotatable bonds is 2. The van der Waals surface area contributed by atoms with Crippen molar-refractivity contribution in [1.82, 2.24) is 19.8 Å². The number of aromatic nitrogens is 2. The molecule has 4 rings (SSSR count). The van der Waals surface area contributed by atoms with Gasteiger partial charge >= 0.3 is 0 Å². The number of likely N-dealkylation sites (tertiary alicyclic amines) is 1. The average Bonchev–Trinajstić information content (AvgIpc) is 3.08. The van der Waals surface area contributed by atoms with Gasteiger partial charge in [-0.25, -0.2) is 4.98 Å². The van der Waals surface area contributed by atoms with Gasteiger partial charge in [0.05, 0.1) is 5.92 Å². The van der Waals surface area contributed by atoms with Crippen molar-refractivity contribution in [2.45, 2.75) is 6.54 Å². The van der Waals surface area contributed by atoms with Gasteiger partial charge in [-0.2, -0.15) is 0 Å². The fourth-order valence-corrected chi connectivity index (χ4v) is 3.62. The van der Waals surface area contributed by atoms with E-state index in [9.17, 15) is 4.79 Å². The van der Waals surface area contributed by atoms with Crippen LogP contribution in [-0.2, 0) is 18.4 Å². The van der Waals surface area contributed by atoms with E-state index in [2.05, 4.69) is 32.0 Å². The molecule has 2 saturated heterocycles. The fourth-order valence-electron chi connectivity index (χ4n) is 3.62. The maximum atomic E-state index is 11.7. The number of hydrogen-bond donors (Lipinski definition) is 1. The topological polar surface area (TPSA) is 50.2 Å². The molecular formula is C15H18N4O. The van der Waals surface area contributed by atoms with E-state index < -0.39 is 0 Å². The van der Waals surface area contributed by atoms with Crippen LogP contribution in [0.15, 0.2) is 24.5 Å². The van der Waals surface area contributed by atoms with Gasteiger partial charge in [-0.1, -0.05) is 0 Å². The van der Waals surface area contributed by atoms with E-state index in [1.807, 2.05) is 19.3 Å². The molecule has 2 fully saturated rings.